The second-order valence-corrected chi connectivity index (χ2v) is 6.77. The highest BCUT2D eigenvalue weighted by Gasteiger charge is 2.40. The molecular weight excluding hydrogens is 282 g/mol. The lowest BCUT2D eigenvalue weighted by molar-refractivity contribution is 0.164. The van der Waals surface area contributed by atoms with Crippen LogP contribution in [0.3, 0.4) is 0 Å². The monoisotopic (exact) mass is 297 g/mol. The molecule has 3 rings (SSSR count). The minimum atomic E-state index is -3.73. The van der Waals surface area contributed by atoms with Gasteiger partial charge in [0.2, 0.25) is 10.0 Å². The molecule has 2 aliphatic rings. The molecule has 0 aliphatic carbocycles. The van der Waals surface area contributed by atoms with Crippen LogP contribution in [0, 0.1) is 0 Å². The molecule has 8 heteroatoms. The first kappa shape index (κ1) is 13.2. The van der Waals surface area contributed by atoms with E-state index in [1.54, 1.807) is 17.0 Å². The van der Waals surface area contributed by atoms with Crippen molar-refractivity contribution in [1.29, 1.82) is 0 Å². The minimum Gasteiger partial charge on any atom is -0.507 e. The van der Waals surface area contributed by atoms with E-state index in [0.29, 0.717) is 13.1 Å². The molecule has 0 spiro atoms. The Kier molecular flexibility index (Phi) is 3.06. The third-order valence-electron chi connectivity index (χ3n) is 3.68. The van der Waals surface area contributed by atoms with Crippen LogP contribution in [0.5, 0.6) is 5.75 Å². The van der Waals surface area contributed by atoms with Crippen LogP contribution in [0.4, 0.5) is 4.79 Å². The quantitative estimate of drug-likeness (QED) is 0.790. The molecule has 2 heterocycles. The highest BCUT2D eigenvalue weighted by molar-refractivity contribution is 7.89. The largest absolute Gasteiger partial charge is 0.507 e. The Morgan fingerprint density at radius 2 is 2.00 bits per heavy atom. The Morgan fingerprint density at radius 1 is 1.25 bits per heavy atom. The van der Waals surface area contributed by atoms with Crippen LogP contribution in [0.15, 0.2) is 29.2 Å². The number of rotatable bonds is 2. The first-order chi connectivity index (χ1) is 9.50. The molecule has 2 fully saturated rings. The maximum Gasteiger partial charge on any atom is 0.317 e. The number of fused-ring (bicyclic) bond motifs is 1. The van der Waals surface area contributed by atoms with Gasteiger partial charge in [-0.05, 0) is 12.1 Å². The Bertz CT molecular complexity index is 646. The zero-order chi connectivity index (χ0) is 14.3. The van der Waals surface area contributed by atoms with Gasteiger partial charge >= 0.3 is 6.03 Å². The first-order valence-electron chi connectivity index (χ1n) is 6.33. The topological polar surface area (TPSA) is 90.0 Å². The number of sulfonamides is 1. The van der Waals surface area contributed by atoms with Crippen molar-refractivity contribution >= 4 is 16.1 Å². The first-order valence-corrected chi connectivity index (χ1v) is 7.77. The van der Waals surface area contributed by atoms with Gasteiger partial charge in [-0.1, -0.05) is 12.1 Å². The summed E-state index contributed by atoms with van der Waals surface area (Å²) in [5.74, 6) is -0.254. The van der Waals surface area contributed by atoms with Crippen molar-refractivity contribution in [2.24, 2.45) is 0 Å². The number of hydrogen-bond acceptors (Lipinski definition) is 4. The number of para-hydroxylation sites is 1. The Balaban J connectivity index is 1.87. The molecule has 1 aromatic carbocycles. The van der Waals surface area contributed by atoms with Gasteiger partial charge in [0.25, 0.3) is 0 Å². The normalized spacial score (nSPS) is 23.5. The number of nitrogens with zero attached hydrogens (tertiary/aromatic N) is 2. The van der Waals surface area contributed by atoms with Crippen molar-refractivity contribution in [3.8, 4) is 5.75 Å². The van der Waals surface area contributed by atoms with Crippen molar-refractivity contribution < 1.29 is 18.3 Å². The summed E-state index contributed by atoms with van der Waals surface area (Å²) in [5.41, 5.74) is 0. The molecule has 2 N–H and O–H groups in total. The average Bonchev–Trinajstić information content (AvgIpc) is 2.80. The van der Waals surface area contributed by atoms with Gasteiger partial charge in [-0.15, -0.1) is 0 Å². The van der Waals surface area contributed by atoms with Gasteiger partial charge < -0.3 is 15.3 Å². The lowest BCUT2D eigenvalue weighted by Crippen LogP contribution is -2.53. The van der Waals surface area contributed by atoms with E-state index in [2.05, 4.69) is 5.32 Å². The van der Waals surface area contributed by atoms with Gasteiger partial charge in [0.15, 0.2) is 0 Å². The number of carbonyl (C=O) groups excluding carboxylic acids is 1. The highest BCUT2D eigenvalue weighted by atomic mass is 32.2. The Hall–Kier alpha value is -1.80. The SMILES string of the molecule is O=C1NCC2CN(S(=O)(=O)c3ccccc3O)CCN12. The molecule has 1 atom stereocenters. The molecule has 0 bridgehead atoms. The smallest absolute Gasteiger partial charge is 0.317 e. The van der Waals surface area contributed by atoms with Gasteiger partial charge in [0.05, 0.1) is 6.04 Å². The predicted octanol–water partition coefficient (Wildman–Crippen LogP) is -0.210. The summed E-state index contributed by atoms with van der Waals surface area (Å²) in [5, 5.41) is 12.4. The predicted molar refractivity (Wildman–Crippen MR) is 70.8 cm³/mol. The number of phenols is 1. The van der Waals surface area contributed by atoms with E-state index in [1.165, 1.54) is 16.4 Å². The molecule has 0 radical (unpaired) electrons. The minimum absolute atomic E-state index is 0.0919. The van der Waals surface area contributed by atoms with Crippen LogP contribution >= 0.6 is 0 Å². The second kappa shape index (κ2) is 4.64. The van der Waals surface area contributed by atoms with Crippen molar-refractivity contribution in [3.05, 3.63) is 24.3 Å². The number of carbonyl (C=O) groups is 1. The number of piperazine rings is 1. The van der Waals surface area contributed by atoms with Crippen LogP contribution in [0.25, 0.3) is 0 Å². The summed E-state index contributed by atoms with van der Waals surface area (Å²) in [6.45, 7) is 1.30. The van der Waals surface area contributed by atoms with E-state index < -0.39 is 10.0 Å². The van der Waals surface area contributed by atoms with E-state index in [9.17, 15) is 18.3 Å². The maximum atomic E-state index is 12.5. The van der Waals surface area contributed by atoms with Gasteiger partial charge in [0.1, 0.15) is 10.6 Å². The molecule has 7 nitrogen and oxygen atoms in total. The van der Waals surface area contributed by atoms with E-state index >= 15 is 0 Å². The summed E-state index contributed by atoms with van der Waals surface area (Å²) in [6.07, 6.45) is 0. The van der Waals surface area contributed by atoms with Crippen LogP contribution in [-0.4, -0.2) is 61.0 Å². The molecule has 108 valence electrons. The van der Waals surface area contributed by atoms with Crippen LogP contribution in [-0.2, 0) is 10.0 Å². The zero-order valence-corrected chi connectivity index (χ0v) is 11.5. The van der Waals surface area contributed by atoms with E-state index in [1.807, 2.05) is 0 Å². The number of hydrogen-bond donors (Lipinski definition) is 2. The van der Waals surface area contributed by atoms with Crippen LogP contribution in [0.2, 0.25) is 0 Å². The average molecular weight is 297 g/mol. The van der Waals surface area contributed by atoms with Gasteiger partial charge in [0, 0.05) is 26.2 Å². The Morgan fingerprint density at radius 3 is 2.75 bits per heavy atom. The number of amides is 2. The summed E-state index contributed by atoms with van der Waals surface area (Å²) < 4.78 is 26.4. The maximum absolute atomic E-state index is 12.5. The number of aromatic hydroxyl groups is 1. The third-order valence-corrected chi connectivity index (χ3v) is 5.59. The van der Waals surface area contributed by atoms with Crippen molar-refractivity contribution in [3.63, 3.8) is 0 Å². The molecule has 20 heavy (non-hydrogen) atoms. The van der Waals surface area contributed by atoms with Crippen LogP contribution < -0.4 is 5.32 Å². The third kappa shape index (κ3) is 2.01. The molecule has 0 aromatic heterocycles. The lowest BCUT2D eigenvalue weighted by atomic mass is 10.2. The van der Waals surface area contributed by atoms with E-state index in [-0.39, 0.29) is 35.8 Å². The zero-order valence-electron chi connectivity index (χ0n) is 10.7. The summed E-state index contributed by atoms with van der Waals surface area (Å²) in [6, 6.07) is 5.60. The van der Waals surface area contributed by atoms with Gasteiger partial charge in [-0.2, -0.15) is 4.31 Å². The summed E-state index contributed by atoms with van der Waals surface area (Å²) in [4.78, 5) is 13.1. The van der Waals surface area contributed by atoms with E-state index in [4.69, 9.17) is 0 Å². The number of urea groups is 1. The molecule has 1 aromatic rings. The fourth-order valence-electron chi connectivity index (χ4n) is 2.61. The van der Waals surface area contributed by atoms with Gasteiger partial charge in [-0.3, -0.25) is 0 Å². The highest BCUT2D eigenvalue weighted by Crippen LogP contribution is 2.27. The van der Waals surface area contributed by atoms with E-state index in [0.717, 1.165) is 0 Å². The number of benzene rings is 1. The molecule has 2 amide bonds. The molecule has 1 unspecified atom stereocenters. The molecule has 2 saturated heterocycles. The molecule has 0 saturated carbocycles. The lowest BCUT2D eigenvalue weighted by Gasteiger charge is -2.35. The van der Waals surface area contributed by atoms with Crippen molar-refractivity contribution in [2.45, 2.75) is 10.9 Å². The fourth-order valence-corrected chi connectivity index (χ4v) is 4.16. The van der Waals surface area contributed by atoms with Crippen molar-refractivity contribution in [1.82, 2.24) is 14.5 Å². The second-order valence-electron chi connectivity index (χ2n) is 4.86. The van der Waals surface area contributed by atoms with Gasteiger partial charge in [-0.25, -0.2) is 13.2 Å². The Labute approximate surface area is 116 Å². The molecular formula is C12H15N3O4S. The number of phenolic OH excluding ortho intramolecular Hbond substituents is 1. The summed E-state index contributed by atoms with van der Waals surface area (Å²) >= 11 is 0. The number of nitrogens with one attached hydrogen (secondary N) is 1. The van der Waals surface area contributed by atoms with Crippen LogP contribution in [0.1, 0.15) is 0 Å². The standard InChI is InChI=1S/C12H15N3O4S/c16-10-3-1-2-4-11(10)20(18,19)14-5-6-15-9(8-14)7-13-12(15)17/h1-4,9,16H,5-8H2,(H,13,17). The molecule has 2 aliphatic heterocycles. The summed E-state index contributed by atoms with van der Waals surface area (Å²) in [7, 11) is -3.73. The fraction of sp³-hybridized carbons (Fsp3) is 0.417. The van der Waals surface area contributed by atoms with Crippen molar-refractivity contribution in [2.75, 3.05) is 26.2 Å².